The van der Waals surface area contributed by atoms with Crippen LogP contribution >= 0.6 is 0 Å². The average molecular weight is 311 g/mol. The number of para-hydroxylation sites is 1. The topological polar surface area (TPSA) is 4.93 Å². The molecular formula is C19H12F3N. The Hall–Kier alpha value is -2.75. The first-order valence-corrected chi connectivity index (χ1v) is 7.21. The summed E-state index contributed by atoms with van der Waals surface area (Å²) in [5.74, 6) is 0. The van der Waals surface area contributed by atoms with Crippen molar-refractivity contribution in [2.24, 2.45) is 0 Å². The summed E-state index contributed by atoms with van der Waals surface area (Å²) in [7, 11) is 0. The first kappa shape index (κ1) is 13.9. The van der Waals surface area contributed by atoms with Gasteiger partial charge in [-0.1, -0.05) is 54.6 Å². The van der Waals surface area contributed by atoms with Gasteiger partial charge in [0.25, 0.3) is 0 Å². The third-order valence-corrected chi connectivity index (χ3v) is 4.01. The Kier molecular flexibility index (Phi) is 2.94. The van der Waals surface area contributed by atoms with E-state index in [1.807, 2.05) is 30.3 Å². The lowest BCUT2D eigenvalue weighted by Crippen LogP contribution is -2.12. The van der Waals surface area contributed by atoms with Crippen molar-refractivity contribution in [3.05, 3.63) is 78.5 Å². The van der Waals surface area contributed by atoms with E-state index in [9.17, 15) is 13.2 Å². The van der Waals surface area contributed by atoms with Crippen molar-refractivity contribution in [1.82, 2.24) is 4.57 Å². The second-order valence-corrected chi connectivity index (χ2v) is 5.42. The van der Waals surface area contributed by atoms with Gasteiger partial charge < -0.3 is 4.57 Å². The highest BCUT2D eigenvalue weighted by Gasteiger charge is 2.36. The predicted molar refractivity (Wildman–Crippen MR) is 85.8 cm³/mol. The highest BCUT2D eigenvalue weighted by molar-refractivity contribution is 5.93. The molecule has 0 aliphatic rings. The molecule has 114 valence electrons. The van der Waals surface area contributed by atoms with Crippen molar-refractivity contribution in [3.8, 4) is 5.69 Å². The molecule has 0 aliphatic carbocycles. The molecule has 1 aromatic heterocycles. The third kappa shape index (κ3) is 2.18. The largest absolute Gasteiger partial charge is 0.431 e. The van der Waals surface area contributed by atoms with Crippen LogP contribution < -0.4 is 0 Å². The number of alkyl halides is 3. The van der Waals surface area contributed by atoms with Crippen molar-refractivity contribution in [3.63, 3.8) is 0 Å². The van der Waals surface area contributed by atoms with Gasteiger partial charge in [-0.15, -0.1) is 0 Å². The van der Waals surface area contributed by atoms with Crippen LogP contribution in [0.2, 0.25) is 0 Å². The Morgan fingerprint density at radius 2 is 1.35 bits per heavy atom. The van der Waals surface area contributed by atoms with Crippen molar-refractivity contribution in [1.29, 1.82) is 0 Å². The molecular weight excluding hydrogens is 299 g/mol. The lowest BCUT2D eigenvalue weighted by atomic mass is 10.1. The Labute approximate surface area is 130 Å². The van der Waals surface area contributed by atoms with Crippen LogP contribution in [0.3, 0.4) is 0 Å². The molecule has 3 aromatic carbocycles. The fraction of sp³-hybridized carbons (Fsp3) is 0.0526. The molecule has 0 fully saturated rings. The second-order valence-electron chi connectivity index (χ2n) is 5.42. The molecule has 0 amide bonds. The lowest BCUT2D eigenvalue weighted by Gasteiger charge is -2.15. The zero-order valence-corrected chi connectivity index (χ0v) is 12.0. The Balaban J connectivity index is 2.16. The van der Waals surface area contributed by atoms with E-state index in [0.29, 0.717) is 16.6 Å². The minimum absolute atomic E-state index is 0.539. The fourth-order valence-corrected chi connectivity index (χ4v) is 3.03. The van der Waals surface area contributed by atoms with E-state index in [0.717, 1.165) is 10.8 Å². The number of benzene rings is 3. The fourth-order valence-electron chi connectivity index (χ4n) is 3.03. The maximum Gasteiger partial charge on any atom is 0.431 e. The lowest BCUT2D eigenvalue weighted by molar-refractivity contribution is -0.142. The molecule has 23 heavy (non-hydrogen) atoms. The van der Waals surface area contributed by atoms with Crippen LogP contribution in [-0.4, -0.2) is 4.57 Å². The number of fused-ring (bicyclic) bond motifs is 2. The summed E-state index contributed by atoms with van der Waals surface area (Å²) in [5, 5.41) is 2.28. The molecule has 1 nitrogen and oxygen atoms in total. The summed E-state index contributed by atoms with van der Waals surface area (Å²) in [6.07, 6.45) is -4.42. The van der Waals surface area contributed by atoms with Crippen LogP contribution in [-0.2, 0) is 6.18 Å². The van der Waals surface area contributed by atoms with Gasteiger partial charge in [-0.05, 0) is 23.6 Å². The molecule has 0 bridgehead atoms. The molecule has 0 aliphatic heterocycles. The first-order valence-electron chi connectivity index (χ1n) is 7.21. The van der Waals surface area contributed by atoms with Crippen molar-refractivity contribution in [2.75, 3.05) is 0 Å². The van der Waals surface area contributed by atoms with E-state index < -0.39 is 11.9 Å². The highest BCUT2D eigenvalue weighted by atomic mass is 19.4. The SMILES string of the molecule is FC(F)(F)c1cc2ccccc2n1-c1cccc2ccccc12. The number of halogens is 3. The molecule has 4 rings (SSSR count). The Bertz CT molecular complexity index is 1010. The predicted octanol–water partition coefficient (Wildman–Crippen LogP) is 5.80. The van der Waals surface area contributed by atoms with E-state index >= 15 is 0 Å². The van der Waals surface area contributed by atoms with Gasteiger partial charge in [-0.2, -0.15) is 13.2 Å². The van der Waals surface area contributed by atoms with E-state index in [1.165, 1.54) is 10.6 Å². The maximum absolute atomic E-state index is 13.6. The number of rotatable bonds is 1. The monoisotopic (exact) mass is 311 g/mol. The molecule has 0 unspecified atom stereocenters. The summed E-state index contributed by atoms with van der Waals surface area (Å²) >= 11 is 0. The van der Waals surface area contributed by atoms with Gasteiger partial charge in [-0.3, -0.25) is 0 Å². The normalized spacial score (nSPS) is 12.1. The van der Waals surface area contributed by atoms with Crippen LogP contribution in [0.5, 0.6) is 0 Å². The highest BCUT2D eigenvalue weighted by Crippen LogP contribution is 2.37. The van der Waals surface area contributed by atoms with Crippen LogP contribution in [0.25, 0.3) is 27.4 Å². The molecule has 0 spiro atoms. The zero-order valence-electron chi connectivity index (χ0n) is 12.0. The number of aromatic nitrogens is 1. The molecule has 0 radical (unpaired) electrons. The summed E-state index contributed by atoms with van der Waals surface area (Å²) in [6, 6.07) is 21.0. The zero-order chi connectivity index (χ0) is 16.0. The molecule has 0 saturated heterocycles. The van der Waals surface area contributed by atoms with Gasteiger partial charge in [0, 0.05) is 10.8 Å². The minimum atomic E-state index is -4.42. The molecule has 0 saturated carbocycles. The van der Waals surface area contributed by atoms with Crippen LogP contribution in [0.15, 0.2) is 72.8 Å². The number of nitrogens with zero attached hydrogens (tertiary/aromatic N) is 1. The molecule has 0 atom stereocenters. The smallest absolute Gasteiger partial charge is 0.305 e. The van der Waals surface area contributed by atoms with Crippen molar-refractivity contribution in [2.45, 2.75) is 6.18 Å². The second kappa shape index (κ2) is 4.88. The summed E-state index contributed by atoms with van der Waals surface area (Å²) in [6.45, 7) is 0. The van der Waals surface area contributed by atoms with Gasteiger partial charge in [0.15, 0.2) is 0 Å². The van der Waals surface area contributed by atoms with Crippen LogP contribution in [0, 0.1) is 0 Å². The van der Waals surface area contributed by atoms with Gasteiger partial charge in [0.05, 0.1) is 11.2 Å². The average Bonchev–Trinajstić information content (AvgIpc) is 2.94. The number of hydrogen-bond donors (Lipinski definition) is 0. The molecule has 4 aromatic rings. The summed E-state index contributed by atoms with van der Waals surface area (Å²) in [4.78, 5) is 0. The van der Waals surface area contributed by atoms with Gasteiger partial charge in [0.2, 0.25) is 0 Å². The van der Waals surface area contributed by atoms with Crippen LogP contribution in [0.1, 0.15) is 5.69 Å². The van der Waals surface area contributed by atoms with E-state index in [1.54, 1.807) is 36.4 Å². The standard InChI is InChI=1S/C19H12F3N/c20-19(21,22)18-12-14-7-2-4-10-16(14)23(18)17-11-5-8-13-6-1-3-9-15(13)17/h1-12H. The first-order chi connectivity index (χ1) is 11.1. The third-order valence-electron chi connectivity index (χ3n) is 4.01. The quantitative estimate of drug-likeness (QED) is 0.418. The van der Waals surface area contributed by atoms with Crippen molar-refractivity contribution < 1.29 is 13.2 Å². The maximum atomic E-state index is 13.6. The number of hydrogen-bond acceptors (Lipinski definition) is 0. The summed E-state index contributed by atoms with van der Waals surface area (Å²) in [5.41, 5.74) is 0.433. The van der Waals surface area contributed by atoms with E-state index in [2.05, 4.69) is 0 Å². The van der Waals surface area contributed by atoms with Gasteiger partial charge in [-0.25, -0.2) is 0 Å². The van der Waals surface area contributed by atoms with Crippen LogP contribution in [0.4, 0.5) is 13.2 Å². The molecule has 4 heteroatoms. The Morgan fingerprint density at radius 3 is 2.13 bits per heavy atom. The minimum Gasteiger partial charge on any atom is -0.305 e. The molecule has 1 heterocycles. The summed E-state index contributed by atoms with van der Waals surface area (Å²) < 4.78 is 42.0. The van der Waals surface area contributed by atoms with Gasteiger partial charge >= 0.3 is 6.18 Å². The van der Waals surface area contributed by atoms with Crippen molar-refractivity contribution >= 4 is 21.7 Å². The van der Waals surface area contributed by atoms with E-state index in [4.69, 9.17) is 0 Å². The van der Waals surface area contributed by atoms with Gasteiger partial charge in [0.1, 0.15) is 5.69 Å². The molecule has 0 N–H and O–H groups in total. The Morgan fingerprint density at radius 1 is 0.696 bits per heavy atom. The van der Waals surface area contributed by atoms with E-state index in [-0.39, 0.29) is 0 Å².